The number of halogens is 1. The molecule has 102 valence electrons. The first-order chi connectivity index (χ1) is 9.06. The maximum Gasteiger partial charge on any atom is 0.128 e. The van der Waals surface area contributed by atoms with E-state index in [0.29, 0.717) is 12.5 Å². The lowest BCUT2D eigenvalue weighted by Crippen LogP contribution is -2.12. The molecule has 0 saturated heterocycles. The van der Waals surface area contributed by atoms with Crippen LogP contribution in [0.4, 0.5) is 5.82 Å². The highest BCUT2D eigenvalue weighted by atomic mass is 79.9. The summed E-state index contributed by atoms with van der Waals surface area (Å²) < 4.78 is 3.21. The molecule has 0 aliphatic heterocycles. The zero-order valence-electron chi connectivity index (χ0n) is 11.5. The van der Waals surface area contributed by atoms with Crippen LogP contribution in [-0.2, 0) is 13.1 Å². The van der Waals surface area contributed by atoms with Crippen LogP contribution in [-0.4, -0.2) is 14.5 Å². The van der Waals surface area contributed by atoms with E-state index in [2.05, 4.69) is 56.6 Å². The second-order valence-corrected chi connectivity index (χ2v) is 5.92. The lowest BCUT2D eigenvalue weighted by atomic mass is 10.2. The quantitative estimate of drug-likeness (QED) is 0.914. The van der Waals surface area contributed by atoms with Gasteiger partial charge in [0.25, 0.3) is 0 Å². The van der Waals surface area contributed by atoms with Crippen molar-refractivity contribution in [2.75, 3.05) is 5.32 Å². The SMILES string of the molecule is Cc1cc(NCc2nccn2CC(C)C)ncc1Br. The van der Waals surface area contributed by atoms with Gasteiger partial charge in [0, 0.05) is 29.6 Å². The first-order valence-electron chi connectivity index (χ1n) is 6.42. The van der Waals surface area contributed by atoms with Crippen LogP contribution in [0.5, 0.6) is 0 Å². The number of hydrogen-bond acceptors (Lipinski definition) is 3. The summed E-state index contributed by atoms with van der Waals surface area (Å²) in [5.41, 5.74) is 1.17. The molecular formula is C14H19BrN4. The van der Waals surface area contributed by atoms with Crippen LogP contribution < -0.4 is 5.32 Å². The molecule has 19 heavy (non-hydrogen) atoms. The molecule has 0 atom stereocenters. The van der Waals surface area contributed by atoms with Crippen LogP contribution in [0.25, 0.3) is 0 Å². The summed E-state index contributed by atoms with van der Waals surface area (Å²) >= 11 is 3.45. The van der Waals surface area contributed by atoms with Gasteiger partial charge in [-0.25, -0.2) is 9.97 Å². The summed E-state index contributed by atoms with van der Waals surface area (Å²) in [6.07, 6.45) is 5.69. The van der Waals surface area contributed by atoms with Crippen molar-refractivity contribution in [1.29, 1.82) is 0 Å². The number of hydrogen-bond donors (Lipinski definition) is 1. The second-order valence-electron chi connectivity index (χ2n) is 5.06. The van der Waals surface area contributed by atoms with Crippen molar-refractivity contribution in [1.82, 2.24) is 14.5 Å². The van der Waals surface area contributed by atoms with Crippen molar-refractivity contribution in [2.45, 2.75) is 33.9 Å². The van der Waals surface area contributed by atoms with Gasteiger partial charge in [-0.3, -0.25) is 0 Å². The summed E-state index contributed by atoms with van der Waals surface area (Å²) in [4.78, 5) is 8.72. The average molecular weight is 323 g/mol. The Bertz CT molecular complexity index is 548. The largest absolute Gasteiger partial charge is 0.363 e. The third-order valence-electron chi connectivity index (χ3n) is 2.84. The summed E-state index contributed by atoms with van der Waals surface area (Å²) in [5.74, 6) is 2.52. The molecule has 2 rings (SSSR count). The second kappa shape index (κ2) is 6.19. The number of pyridine rings is 1. The standard InChI is InChI=1S/C14H19BrN4/c1-10(2)9-19-5-4-16-14(19)8-18-13-6-11(3)12(15)7-17-13/h4-7,10H,8-9H2,1-3H3,(H,17,18). The van der Waals surface area contributed by atoms with Crippen LogP contribution in [0, 0.1) is 12.8 Å². The average Bonchev–Trinajstić information content (AvgIpc) is 2.77. The minimum atomic E-state index is 0.612. The summed E-state index contributed by atoms with van der Waals surface area (Å²) in [6.45, 7) is 8.14. The molecule has 2 heterocycles. The Balaban J connectivity index is 2.02. The molecule has 1 N–H and O–H groups in total. The lowest BCUT2D eigenvalue weighted by Gasteiger charge is -2.11. The minimum absolute atomic E-state index is 0.612. The molecule has 0 aliphatic carbocycles. The van der Waals surface area contributed by atoms with Gasteiger partial charge in [0.15, 0.2) is 0 Å². The zero-order chi connectivity index (χ0) is 13.8. The molecule has 2 aromatic heterocycles. The van der Waals surface area contributed by atoms with Gasteiger partial charge < -0.3 is 9.88 Å². The molecule has 0 amide bonds. The van der Waals surface area contributed by atoms with Gasteiger partial charge in [0.1, 0.15) is 11.6 Å². The highest BCUT2D eigenvalue weighted by molar-refractivity contribution is 9.10. The maximum absolute atomic E-state index is 4.39. The molecule has 0 bridgehead atoms. The van der Waals surface area contributed by atoms with Crippen molar-refractivity contribution in [3.8, 4) is 0 Å². The highest BCUT2D eigenvalue weighted by Crippen LogP contribution is 2.17. The molecule has 0 aliphatic rings. The fourth-order valence-electron chi connectivity index (χ4n) is 1.87. The van der Waals surface area contributed by atoms with E-state index in [1.54, 1.807) is 0 Å². The Kier molecular flexibility index (Phi) is 4.58. The van der Waals surface area contributed by atoms with Crippen molar-refractivity contribution in [2.24, 2.45) is 5.92 Å². The Labute approximate surface area is 122 Å². The summed E-state index contributed by atoms with van der Waals surface area (Å²) in [7, 11) is 0. The number of rotatable bonds is 5. The van der Waals surface area contributed by atoms with E-state index in [9.17, 15) is 0 Å². The lowest BCUT2D eigenvalue weighted by molar-refractivity contribution is 0.509. The molecule has 0 saturated carbocycles. The topological polar surface area (TPSA) is 42.7 Å². The summed E-state index contributed by atoms with van der Waals surface area (Å²) in [6, 6.07) is 2.03. The van der Waals surface area contributed by atoms with E-state index in [-0.39, 0.29) is 0 Å². The van der Waals surface area contributed by atoms with Gasteiger partial charge >= 0.3 is 0 Å². The van der Waals surface area contributed by atoms with E-state index >= 15 is 0 Å². The van der Waals surface area contributed by atoms with Gasteiger partial charge in [0.2, 0.25) is 0 Å². The molecule has 2 aromatic rings. The van der Waals surface area contributed by atoms with Gasteiger partial charge in [-0.05, 0) is 40.4 Å². The Hall–Kier alpha value is -1.36. The van der Waals surface area contributed by atoms with E-state index in [1.165, 1.54) is 5.56 Å². The molecule has 5 heteroatoms. The van der Waals surface area contributed by atoms with Crippen LogP contribution >= 0.6 is 15.9 Å². The van der Waals surface area contributed by atoms with Crippen molar-refractivity contribution in [3.63, 3.8) is 0 Å². The number of aromatic nitrogens is 3. The van der Waals surface area contributed by atoms with Gasteiger partial charge in [-0.15, -0.1) is 0 Å². The third kappa shape index (κ3) is 3.80. The maximum atomic E-state index is 4.39. The van der Waals surface area contributed by atoms with E-state index in [1.807, 2.05) is 24.7 Å². The predicted molar refractivity (Wildman–Crippen MR) is 81.1 cm³/mol. The first-order valence-corrected chi connectivity index (χ1v) is 7.21. The van der Waals surface area contributed by atoms with E-state index in [0.717, 1.165) is 22.7 Å². The fourth-order valence-corrected chi connectivity index (χ4v) is 2.09. The van der Waals surface area contributed by atoms with Crippen molar-refractivity contribution >= 4 is 21.7 Å². The van der Waals surface area contributed by atoms with Gasteiger partial charge in [0.05, 0.1) is 6.54 Å². The van der Waals surface area contributed by atoms with Crippen LogP contribution in [0.2, 0.25) is 0 Å². The van der Waals surface area contributed by atoms with E-state index < -0.39 is 0 Å². The molecule has 0 radical (unpaired) electrons. The first kappa shape index (κ1) is 14.1. The normalized spacial score (nSPS) is 11.0. The fraction of sp³-hybridized carbons (Fsp3) is 0.429. The van der Waals surface area contributed by atoms with Crippen LogP contribution in [0.3, 0.4) is 0 Å². The number of anilines is 1. The predicted octanol–water partition coefficient (Wildman–Crippen LogP) is 3.62. The Morgan fingerprint density at radius 1 is 1.37 bits per heavy atom. The highest BCUT2D eigenvalue weighted by Gasteiger charge is 2.05. The number of aryl methyl sites for hydroxylation is 1. The molecular weight excluding hydrogens is 304 g/mol. The smallest absolute Gasteiger partial charge is 0.128 e. The van der Waals surface area contributed by atoms with Crippen LogP contribution in [0.15, 0.2) is 29.1 Å². The van der Waals surface area contributed by atoms with E-state index in [4.69, 9.17) is 0 Å². The number of imidazole rings is 1. The van der Waals surface area contributed by atoms with Gasteiger partial charge in [-0.2, -0.15) is 0 Å². The van der Waals surface area contributed by atoms with Crippen molar-refractivity contribution in [3.05, 3.63) is 40.5 Å². The third-order valence-corrected chi connectivity index (χ3v) is 3.67. The molecule has 0 spiro atoms. The zero-order valence-corrected chi connectivity index (χ0v) is 13.1. The summed E-state index contributed by atoms with van der Waals surface area (Å²) in [5, 5.41) is 3.31. The van der Waals surface area contributed by atoms with Crippen molar-refractivity contribution < 1.29 is 0 Å². The number of nitrogens with zero attached hydrogens (tertiary/aromatic N) is 3. The molecule has 0 aromatic carbocycles. The number of nitrogens with one attached hydrogen (secondary N) is 1. The molecule has 4 nitrogen and oxygen atoms in total. The molecule has 0 fully saturated rings. The monoisotopic (exact) mass is 322 g/mol. The van der Waals surface area contributed by atoms with Gasteiger partial charge in [-0.1, -0.05) is 13.8 Å². The Morgan fingerprint density at radius 2 is 2.16 bits per heavy atom. The minimum Gasteiger partial charge on any atom is -0.363 e. The Morgan fingerprint density at radius 3 is 2.84 bits per heavy atom. The van der Waals surface area contributed by atoms with Crippen LogP contribution in [0.1, 0.15) is 25.2 Å². The molecule has 0 unspecified atom stereocenters.